The Kier molecular flexibility index (Phi) is 3.52. The second-order valence-electron chi connectivity index (χ2n) is 2.94. The van der Waals surface area contributed by atoms with Gasteiger partial charge in [-0.05, 0) is 19.1 Å². The maximum Gasteiger partial charge on any atom is 0.265 e. The van der Waals surface area contributed by atoms with Crippen LogP contribution in [0.5, 0.6) is 0 Å². The van der Waals surface area contributed by atoms with Gasteiger partial charge in [0.15, 0.2) is 12.1 Å². The van der Waals surface area contributed by atoms with Crippen LogP contribution in [0.3, 0.4) is 0 Å². The lowest BCUT2D eigenvalue weighted by Gasteiger charge is -2.07. The average Bonchev–Trinajstić information content (AvgIpc) is 2.17. The molecule has 0 radical (unpaired) electrons. The predicted octanol–water partition coefficient (Wildman–Crippen LogP) is 3.29. The van der Waals surface area contributed by atoms with Crippen LogP contribution in [0.2, 0.25) is 5.02 Å². The van der Waals surface area contributed by atoms with Crippen molar-refractivity contribution in [2.24, 2.45) is 0 Å². The number of Topliss-reactive ketones (excluding diaryl/α,β-unsaturated/α-hetero) is 1. The van der Waals surface area contributed by atoms with Crippen LogP contribution in [-0.2, 0) is 0 Å². The Morgan fingerprint density at radius 2 is 2.07 bits per heavy atom. The minimum atomic E-state index is -2.81. The molecule has 2 nitrogen and oxygen atoms in total. The number of alkyl halides is 2. The first-order valence-corrected chi connectivity index (χ1v) is 4.43. The highest BCUT2D eigenvalue weighted by Crippen LogP contribution is 2.30. The summed E-state index contributed by atoms with van der Waals surface area (Å²) in [6.07, 6.45) is -2.46. The molecule has 1 aromatic carbocycles. The van der Waals surface area contributed by atoms with Crippen molar-refractivity contribution in [3.63, 3.8) is 0 Å². The van der Waals surface area contributed by atoms with Gasteiger partial charge >= 0.3 is 0 Å². The van der Waals surface area contributed by atoms with Crippen molar-refractivity contribution in [1.82, 2.24) is 0 Å². The molecule has 0 bridgehead atoms. The van der Waals surface area contributed by atoms with Crippen LogP contribution < -0.4 is 0 Å². The zero-order valence-electron chi connectivity index (χ0n) is 7.76. The molecule has 0 aromatic heterocycles. The fraction of sp³-hybridized carbons (Fsp3) is 0.200. The Labute approximate surface area is 89.8 Å². The highest BCUT2D eigenvalue weighted by Gasteiger charge is 2.17. The number of carbonyl (C=O) groups is 2. The summed E-state index contributed by atoms with van der Waals surface area (Å²) in [5.74, 6) is -0.392. The third kappa shape index (κ3) is 2.39. The third-order valence-electron chi connectivity index (χ3n) is 1.90. The van der Waals surface area contributed by atoms with Crippen LogP contribution in [-0.4, -0.2) is 12.1 Å². The van der Waals surface area contributed by atoms with Crippen LogP contribution >= 0.6 is 11.6 Å². The second-order valence-corrected chi connectivity index (χ2v) is 3.32. The molecule has 0 N–H and O–H groups in total. The molecule has 1 aromatic rings. The SMILES string of the molecule is CC(=O)c1cc(C=O)c(Cl)c(C(F)F)c1. The largest absolute Gasteiger partial charge is 0.298 e. The summed E-state index contributed by atoms with van der Waals surface area (Å²) >= 11 is 5.56. The van der Waals surface area contributed by atoms with Gasteiger partial charge in [-0.2, -0.15) is 0 Å². The number of hydrogen-bond acceptors (Lipinski definition) is 2. The molecule has 80 valence electrons. The van der Waals surface area contributed by atoms with Crippen molar-refractivity contribution in [2.75, 3.05) is 0 Å². The molecule has 15 heavy (non-hydrogen) atoms. The van der Waals surface area contributed by atoms with E-state index in [1.165, 1.54) is 13.0 Å². The minimum absolute atomic E-state index is 0.0526. The Morgan fingerprint density at radius 1 is 1.47 bits per heavy atom. The van der Waals surface area contributed by atoms with E-state index in [4.69, 9.17) is 11.6 Å². The molecule has 0 saturated heterocycles. The monoisotopic (exact) mass is 232 g/mol. The van der Waals surface area contributed by atoms with E-state index in [9.17, 15) is 18.4 Å². The van der Waals surface area contributed by atoms with Crippen LogP contribution in [0.4, 0.5) is 8.78 Å². The summed E-state index contributed by atoms with van der Waals surface area (Å²) in [7, 11) is 0. The summed E-state index contributed by atoms with van der Waals surface area (Å²) in [6.45, 7) is 1.23. The molecule has 1 rings (SSSR count). The lowest BCUT2D eigenvalue weighted by Crippen LogP contribution is -1.99. The molecule has 0 amide bonds. The molecule has 0 fully saturated rings. The molecular formula is C10H7ClF2O2. The summed E-state index contributed by atoms with van der Waals surface area (Å²) in [6, 6.07) is 2.20. The second kappa shape index (κ2) is 4.49. The fourth-order valence-corrected chi connectivity index (χ4v) is 1.35. The van der Waals surface area contributed by atoms with Gasteiger partial charge < -0.3 is 0 Å². The molecule has 0 saturated carbocycles. The maximum absolute atomic E-state index is 12.5. The predicted molar refractivity (Wildman–Crippen MR) is 51.8 cm³/mol. The van der Waals surface area contributed by atoms with E-state index in [-0.39, 0.29) is 16.1 Å². The summed E-state index contributed by atoms with van der Waals surface area (Å²) in [5, 5.41) is -0.301. The molecule has 0 atom stereocenters. The molecule has 0 aliphatic carbocycles. The first-order valence-electron chi connectivity index (χ1n) is 4.05. The van der Waals surface area contributed by atoms with E-state index < -0.39 is 17.8 Å². The Bertz CT molecular complexity index is 416. The zero-order valence-corrected chi connectivity index (χ0v) is 8.52. The number of carbonyl (C=O) groups excluding carboxylic acids is 2. The van der Waals surface area contributed by atoms with Crippen molar-refractivity contribution in [2.45, 2.75) is 13.3 Å². The van der Waals surface area contributed by atoms with Crippen molar-refractivity contribution in [3.8, 4) is 0 Å². The van der Waals surface area contributed by atoms with Gasteiger partial charge in [0, 0.05) is 16.7 Å². The van der Waals surface area contributed by atoms with E-state index in [1.807, 2.05) is 0 Å². The Balaban J connectivity index is 3.45. The molecule has 0 aliphatic rings. The van der Waals surface area contributed by atoms with Crippen molar-refractivity contribution in [1.29, 1.82) is 0 Å². The van der Waals surface area contributed by atoms with Gasteiger partial charge in [0.05, 0.1) is 5.02 Å². The Hall–Kier alpha value is -1.29. The quantitative estimate of drug-likeness (QED) is 0.592. The summed E-state index contributed by atoms with van der Waals surface area (Å²) < 4.78 is 25.0. The highest BCUT2D eigenvalue weighted by atomic mass is 35.5. The van der Waals surface area contributed by atoms with Crippen molar-refractivity contribution >= 4 is 23.7 Å². The summed E-state index contributed by atoms with van der Waals surface area (Å²) in [4.78, 5) is 21.5. The smallest absolute Gasteiger partial charge is 0.265 e. The van der Waals surface area contributed by atoms with Crippen LogP contribution in [0, 0.1) is 0 Å². The molecule has 5 heteroatoms. The first-order chi connectivity index (χ1) is 6.97. The van der Waals surface area contributed by atoms with E-state index in [0.29, 0.717) is 6.29 Å². The normalized spacial score (nSPS) is 10.5. The first kappa shape index (κ1) is 11.8. The molecular weight excluding hydrogens is 226 g/mol. The maximum atomic E-state index is 12.5. The number of aldehydes is 1. The van der Waals surface area contributed by atoms with Gasteiger partial charge in [0.1, 0.15) is 0 Å². The lowest BCUT2D eigenvalue weighted by atomic mass is 10.0. The van der Waals surface area contributed by atoms with Crippen LogP contribution in [0.15, 0.2) is 12.1 Å². The number of hydrogen-bond donors (Lipinski definition) is 0. The van der Waals surface area contributed by atoms with Crippen LogP contribution in [0.1, 0.15) is 39.6 Å². The summed E-state index contributed by atoms with van der Waals surface area (Å²) in [5.41, 5.74) is -0.539. The number of ketones is 1. The third-order valence-corrected chi connectivity index (χ3v) is 2.33. The average molecular weight is 233 g/mol. The van der Waals surface area contributed by atoms with E-state index >= 15 is 0 Å². The highest BCUT2D eigenvalue weighted by molar-refractivity contribution is 6.34. The number of halogens is 3. The van der Waals surface area contributed by atoms with Gasteiger partial charge in [-0.25, -0.2) is 8.78 Å². The van der Waals surface area contributed by atoms with Gasteiger partial charge in [0.2, 0.25) is 0 Å². The molecule has 0 heterocycles. The zero-order chi connectivity index (χ0) is 11.6. The van der Waals surface area contributed by atoms with Gasteiger partial charge in [0.25, 0.3) is 6.43 Å². The molecule has 0 spiro atoms. The van der Waals surface area contributed by atoms with E-state index in [0.717, 1.165) is 6.07 Å². The topological polar surface area (TPSA) is 34.1 Å². The van der Waals surface area contributed by atoms with Crippen molar-refractivity contribution in [3.05, 3.63) is 33.8 Å². The molecule has 0 unspecified atom stereocenters. The van der Waals surface area contributed by atoms with Crippen molar-refractivity contribution < 1.29 is 18.4 Å². The van der Waals surface area contributed by atoms with Gasteiger partial charge in [-0.3, -0.25) is 9.59 Å². The van der Waals surface area contributed by atoms with Gasteiger partial charge in [-0.15, -0.1) is 0 Å². The number of rotatable bonds is 3. The molecule has 0 aliphatic heterocycles. The lowest BCUT2D eigenvalue weighted by molar-refractivity contribution is 0.101. The van der Waals surface area contributed by atoms with Crippen LogP contribution in [0.25, 0.3) is 0 Å². The Morgan fingerprint density at radius 3 is 2.47 bits per heavy atom. The fourth-order valence-electron chi connectivity index (χ4n) is 1.12. The van der Waals surface area contributed by atoms with Gasteiger partial charge in [-0.1, -0.05) is 11.6 Å². The minimum Gasteiger partial charge on any atom is -0.298 e. The standard InChI is InChI=1S/C10H7ClF2O2/c1-5(15)6-2-7(4-14)9(11)8(3-6)10(12)13/h2-4,10H,1H3. The van der Waals surface area contributed by atoms with E-state index in [1.54, 1.807) is 0 Å². The van der Waals surface area contributed by atoms with E-state index in [2.05, 4.69) is 0 Å². The number of benzene rings is 1.